The summed E-state index contributed by atoms with van der Waals surface area (Å²) >= 11 is 0. The lowest BCUT2D eigenvalue weighted by atomic mass is 9.93. The Labute approximate surface area is 155 Å². The lowest BCUT2D eigenvalue weighted by Gasteiger charge is -2.20. The van der Waals surface area contributed by atoms with Crippen molar-refractivity contribution in [1.29, 1.82) is 0 Å². The minimum Gasteiger partial charge on any atom is -0.384 e. The number of ether oxygens (including phenoxy) is 1. The van der Waals surface area contributed by atoms with Crippen molar-refractivity contribution >= 4 is 22.3 Å². The predicted octanol–water partition coefficient (Wildman–Crippen LogP) is 5.05. The van der Waals surface area contributed by atoms with Crippen LogP contribution in [0.4, 0.5) is 11.5 Å². The third kappa shape index (κ3) is 3.81. The SMILES string of the molecule is COC[C@H](C)c1ccc([C@H](C)Nc2ccc3c(N)nccc3c2)cc1C. The van der Waals surface area contributed by atoms with Crippen molar-refractivity contribution in [3.63, 3.8) is 0 Å². The molecule has 0 aliphatic rings. The van der Waals surface area contributed by atoms with Crippen molar-refractivity contribution in [3.05, 3.63) is 65.4 Å². The van der Waals surface area contributed by atoms with Gasteiger partial charge in [-0.3, -0.25) is 0 Å². The molecule has 3 rings (SSSR count). The van der Waals surface area contributed by atoms with E-state index in [9.17, 15) is 0 Å². The van der Waals surface area contributed by atoms with E-state index < -0.39 is 0 Å². The number of aromatic nitrogens is 1. The summed E-state index contributed by atoms with van der Waals surface area (Å²) < 4.78 is 5.29. The van der Waals surface area contributed by atoms with Crippen LogP contribution in [0.15, 0.2) is 48.7 Å². The lowest BCUT2D eigenvalue weighted by Crippen LogP contribution is -2.09. The average molecular weight is 349 g/mol. The molecule has 0 unspecified atom stereocenters. The molecule has 3 aromatic rings. The zero-order valence-corrected chi connectivity index (χ0v) is 15.9. The highest BCUT2D eigenvalue weighted by Crippen LogP contribution is 2.28. The second-order valence-corrected chi connectivity index (χ2v) is 6.97. The summed E-state index contributed by atoms with van der Waals surface area (Å²) in [4.78, 5) is 4.14. The first-order valence-corrected chi connectivity index (χ1v) is 8.99. The first-order valence-electron chi connectivity index (χ1n) is 8.99. The van der Waals surface area contributed by atoms with Gasteiger partial charge in [0.2, 0.25) is 0 Å². The van der Waals surface area contributed by atoms with Crippen LogP contribution in [0.3, 0.4) is 0 Å². The van der Waals surface area contributed by atoms with E-state index in [2.05, 4.69) is 61.4 Å². The minimum atomic E-state index is 0.206. The summed E-state index contributed by atoms with van der Waals surface area (Å²) in [5.74, 6) is 0.968. The quantitative estimate of drug-likeness (QED) is 0.654. The molecule has 0 fully saturated rings. The highest BCUT2D eigenvalue weighted by molar-refractivity contribution is 5.92. The molecule has 0 aliphatic carbocycles. The summed E-state index contributed by atoms with van der Waals surface area (Å²) in [7, 11) is 1.75. The number of aryl methyl sites for hydroxylation is 1. The summed E-state index contributed by atoms with van der Waals surface area (Å²) in [6.45, 7) is 7.29. The zero-order valence-electron chi connectivity index (χ0n) is 15.9. The van der Waals surface area contributed by atoms with E-state index in [0.717, 1.165) is 23.1 Å². The second-order valence-electron chi connectivity index (χ2n) is 6.97. The molecule has 4 nitrogen and oxygen atoms in total. The number of anilines is 2. The Hall–Kier alpha value is -2.59. The van der Waals surface area contributed by atoms with Gasteiger partial charge in [-0.05, 0) is 60.2 Å². The van der Waals surface area contributed by atoms with Crippen LogP contribution in [0.1, 0.15) is 42.5 Å². The molecular weight excluding hydrogens is 322 g/mol. The second kappa shape index (κ2) is 7.75. The molecule has 0 bridgehead atoms. The lowest BCUT2D eigenvalue weighted by molar-refractivity contribution is 0.184. The number of fused-ring (bicyclic) bond motifs is 1. The number of nitrogens with one attached hydrogen (secondary N) is 1. The van der Waals surface area contributed by atoms with E-state index in [4.69, 9.17) is 10.5 Å². The van der Waals surface area contributed by atoms with Gasteiger partial charge >= 0.3 is 0 Å². The Kier molecular flexibility index (Phi) is 5.43. The number of nitrogen functional groups attached to an aromatic ring is 1. The van der Waals surface area contributed by atoms with Crippen molar-refractivity contribution in [3.8, 4) is 0 Å². The Bertz CT molecular complexity index is 907. The molecule has 0 radical (unpaired) electrons. The van der Waals surface area contributed by atoms with Crippen LogP contribution in [-0.2, 0) is 4.74 Å². The number of hydrogen-bond donors (Lipinski definition) is 2. The van der Waals surface area contributed by atoms with Gasteiger partial charge in [-0.15, -0.1) is 0 Å². The molecule has 4 heteroatoms. The van der Waals surface area contributed by atoms with E-state index in [-0.39, 0.29) is 6.04 Å². The number of methoxy groups -OCH3 is 1. The van der Waals surface area contributed by atoms with Crippen molar-refractivity contribution in [2.75, 3.05) is 24.8 Å². The molecule has 2 atom stereocenters. The van der Waals surface area contributed by atoms with Gasteiger partial charge in [-0.2, -0.15) is 0 Å². The van der Waals surface area contributed by atoms with Gasteiger partial charge in [0.25, 0.3) is 0 Å². The molecule has 0 aliphatic heterocycles. The van der Waals surface area contributed by atoms with Gasteiger partial charge in [0.05, 0.1) is 6.61 Å². The molecular formula is C22H27N3O. The third-order valence-electron chi connectivity index (χ3n) is 4.92. The van der Waals surface area contributed by atoms with Crippen molar-refractivity contribution in [1.82, 2.24) is 4.98 Å². The molecule has 0 spiro atoms. The maximum absolute atomic E-state index is 5.93. The van der Waals surface area contributed by atoms with Gasteiger partial charge in [0, 0.05) is 36.3 Å². The largest absolute Gasteiger partial charge is 0.384 e. The molecule has 0 saturated carbocycles. The smallest absolute Gasteiger partial charge is 0.131 e. The topological polar surface area (TPSA) is 60.2 Å². The fraction of sp³-hybridized carbons (Fsp3) is 0.318. The van der Waals surface area contributed by atoms with Crippen molar-refractivity contribution < 1.29 is 4.74 Å². The monoisotopic (exact) mass is 349 g/mol. The first kappa shape index (κ1) is 18.2. The van der Waals surface area contributed by atoms with Crippen LogP contribution in [0, 0.1) is 6.92 Å². The molecule has 0 saturated heterocycles. The number of nitrogens with two attached hydrogens (primary N) is 1. The van der Waals surface area contributed by atoms with Crippen LogP contribution in [0.5, 0.6) is 0 Å². The predicted molar refractivity (Wildman–Crippen MR) is 110 cm³/mol. The highest BCUT2D eigenvalue weighted by atomic mass is 16.5. The van der Waals surface area contributed by atoms with Gasteiger partial charge in [-0.25, -0.2) is 4.98 Å². The van der Waals surface area contributed by atoms with Crippen molar-refractivity contribution in [2.24, 2.45) is 0 Å². The number of rotatable bonds is 6. The number of hydrogen-bond acceptors (Lipinski definition) is 4. The van der Waals surface area contributed by atoms with Gasteiger partial charge < -0.3 is 15.8 Å². The zero-order chi connectivity index (χ0) is 18.7. The van der Waals surface area contributed by atoms with E-state index in [0.29, 0.717) is 11.7 Å². The van der Waals surface area contributed by atoms with Gasteiger partial charge in [0.15, 0.2) is 0 Å². The Morgan fingerprint density at radius 2 is 1.92 bits per heavy atom. The van der Waals surface area contributed by atoms with Crippen LogP contribution in [0.2, 0.25) is 0 Å². The molecule has 136 valence electrons. The Morgan fingerprint density at radius 1 is 1.12 bits per heavy atom. The third-order valence-corrected chi connectivity index (χ3v) is 4.92. The standard InChI is InChI=1S/C22H27N3O/c1-14-11-17(5-7-20(14)15(2)13-26-4)16(3)25-19-6-8-21-18(12-19)9-10-24-22(21)23/h5-12,15-16,25H,13H2,1-4H3,(H2,23,24)/t15-,16-/m0/s1. The van der Waals surface area contributed by atoms with Gasteiger partial charge in [0.1, 0.15) is 5.82 Å². The Morgan fingerprint density at radius 3 is 2.65 bits per heavy atom. The summed E-state index contributed by atoms with van der Waals surface area (Å²) in [5, 5.41) is 5.66. The average Bonchev–Trinajstić information content (AvgIpc) is 2.62. The Balaban J connectivity index is 1.79. The normalized spacial score (nSPS) is 13.5. The van der Waals surface area contributed by atoms with E-state index in [1.54, 1.807) is 13.3 Å². The van der Waals surface area contributed by atoms with Crippen LogP contribution < -0.4 is 11.1 Å². The fourth-order valence-corrected chi connectivity index (χ4v) is 3.49. The van der Waals surface area contributed by atoms with Gasteiger partial charge in [-0.1, -0.05) is 25.1 Å². The molecule has 26 heavy (non-hydrogen) atoms. The van der Waals surface area contributed by atoms with Crippen LogP contribution in [-0.4, -0.2) is 18.7 Å². The highest BCUT2D eigenvalue weighted by Gasteiger charge is 2.12. The molecule has 3 N–H and O–H groups in total. The van der Waals surface area contributed by atoms with Crippen LogP contribution >= 0.6 is 0 Å². The number of benzene rings is 2. The molecule has 1 heterocycles. The summed E-state index contributed by atoms with van der Waals surface area (Å²) in [6, 6.07) is 15.1. The molecule has 0 amide bonds. The maximum Gasteiger partial charge on any atom is 0.131 e. The van der Waals surface area contributed by atoms with Crippen LogP contribution in [0.25, 0.3) is 10.8 Å². The minimum absolute atomic E-state index is 0.206. The van der Waals surface area contributed by atoms with E-state index >= 15 is 0 Å². The molecule has 1 aromatic heterocycles. The summed E-state index contributed by atoms with van der Waals surface area (Å²) in [5.41, 5.74) is 10.9. The number of pyridine rings is 1. The van der Waals surface area contributed by atoms with E-state index in [1.807, 2.05) is 12.1 Å². The van der Waals surface area contributed by atoms with Crippen molar-refractivity contribution in [2.45, 2.75) is 32.7 Å². The fourth-order valence-electron chi connectivity index (χ4n) is 3.49. The summed E-state index contributed by atoms with van der Waals surface area (Å²) in [6.07, 6.45) is 1.74. The first-order chi connectivity index (χ1) is 12.5. The number of nitrogens with zero attached hydrogens (tertiary/aromatic N) is 1. The van der Waals surface area contributed by atoms with E-state index in [1.165, 1.54) is 16.7 Å². The maximum atomic E-state index is 5.93. The molecule has 2 aromatic carbocycles.